The van der Waals surface area contributed by atoms with Gasteiger partial charge in [-0.15, -0.1) is 0 Å². The van der Waals surface area contributed by atoms with Crippen molar-refractivity contribution in [2.45, 2.75) is 39.2 Å². The van der Waals surface area contributed by atoms with E-state index in [1.807, 2.05) is 0 Å². The molecule has 1 fully saturated rings. The molecule has 2 atom stereocenters. The fourth-order valence-electron chi connectivity index (χ4n) is 2.29. The molecule has 8 nitrogen and oxygen atoms in total. The molecule has 0 aromatic carbocycles. The summed E-state index contributed by atoms with van der Waals surface area (Å²) in [5, 5.41) is 13.5. The number of carboxylic acids is 1. The molecule has 0 saturated carbocycles. The van der Waals surface area contributed by atoms with Crippen LogP contribution < -0.4 is 10.6 Å². The molecule has 8 heteroatoms. The summed E-state index contributed by atoms with van der Waals surface area (Å²) >= 11 is 0. The van der Waals surface area contributed by atoms with Crippen molar-refractivity contribution >= 4 is 23.8 Å². The van der Waals surface area contributed by atoms with Crippen LogP contribution in [0.1, 0.15) is 33.1 Å². The van der Waals surface area contributed by atoms with Crippen molar-refractivity contribution in [2.24, 2.45) is 5.92 Å². The van der Waals surface area contributed by atoms with Crippen molar-refractivity contribution in [3.63, 3.8) is 0 Å². The van der Waals surface area contributed by atoms with E-state index in [4.69, 9.17) is 5.11 Å². The number of urea groups is 1. The third-order valence-corrected chi connectivity index (χ3v) is 3.28. The smallest absolute Gasteiger partial charge is 0.324 e. The number of carboxylic acid groups (broad SMARTS) is 1. The Morgan fingerprint density at radius 3 is 2.67 bits per heavy atom. The summed E-state index contributed by atoms with van der Waals surface area (Å²) in [5.41, 5.74) is 0. The van der Waals surface area contributed by atoms with Gasteiger partial charge in [-0.3, -0.25) is 19.7 Å². The molecule has 0 aliphatic carbocycles. The first-order valence-corrected chi connectivity index (χ1v) is 6.95. The lowest BCUT2D eigenvalue weighted by Gasteiger charge is -2.34. The third kappa shape index (κ3) is 5.05. The zero-order valence-electron chi connectivity index (χ0n) is 12.2. The second kappa shape index (κ2) is 7.61. The highest BCUT2D eigenvalue weighted by atomic mass is 16.4. The highest BCUT2D eigenvalue weighted by Crippen LogP contribution is 2.10. The molecule has 1 saturated heterocycles. The van der Waals surface area contributed by atoms with Crippen molar-refractivity contribution in [3.8, 4) is 0 Å². The number of hydrogen-bond acceptors (Lipinski definition) is 4. The van der Waals surface area contributed by atoms with Crippen LogP contribution in [0.4, 0.5) is 4.79 Å². The van der Waals surface area contributed by atoms with Crippen molar-refractivity contribution in [2.75, 3.05) is 13.1 Å². The SMILES string of the molecule is CCC1C(=O)NCCN1C(=O)NC(=O)CC(C)CC(=O)O. The molecule has 0 aromatic heterocycles. The number of nitrogens with zero attached hydrogens (tertiary/aromatic N) is 1. The number of amides is 4. The Morgan fingerprint density at radius 2 is 2.10 bits per heavy atom. The average molecular weight is 299 g/mol. The molecular weight excluding hydrogens is 278 g/mol. The van der Waals surface area contributed by atoms with Gasteiger partial charge in [-0.2, -0.15) is 0 Å². The van der Waals surface area contributed by atoms with Gasteiger partial charge < -0.3 is 15.3 Å². The number of piperazine rings is 1. The Labute approximate surface area is 122 Å². The number of nitrogens with one attached hydrogen (secondary N) is 2. The molecule has 0 aromatic rings. The molecule has 3 N–H and O–H groups in total. The van der Waals surface area contributed by atoms with E-state index in [2.05, 4.69) is 10.6 Å². The van der Waals surface area contributed by atoms with Crippen LogP contribution in [0.3, 0.4) is 0 Å². The number of rotatable bonds is 5. The van der Waals surface area contributed by atoms with Crippen LogP contribution in [-0.2, 0) is 14.4 Å². The fourth-order valence-corrected chi connectivity index (χ4v) is 2.29. The Bertz CT molecular complexity index is 438. The summed E-state index contributed by atoms with van der Waals surface area (Å²) in [6, 6.07) is -1.19. The van der Waals surface area contributed by atoms with Gasteiger partial charge >= 0.3 is 12.0 Å². The van der Waals surface area contributed by atoms with Crippen LogP contribution in [0, 0.1) is 5.92 Å². The number of hydrogen-bond donors (Lipinski definition) is 3. The van der Waals surface area contributed by atoms with Crippen LogP contribution in [0.25, 0.3) is 0 Å². The Kier molecular flexibility index (Phi) is 6.13. The lowest BCUT2D eigenvalue weighted by atomic mass is 10.0. The van der Waals surface area contributed by atoms with Crippen molar-refractivity contribution in [1.82, 2.24) is 15.5 Å². The van der Waals surface area contributed by atoms with Gasteiger partial charge in [0.2, 0.25) is 11.8 Å². The quantitative estimate of drug-likeness (QED) is 0.657. The first kappa shape index (κ1) is 16.9. The van der Waals surface area contributed by atoms with Gasteiger partial charge in [-0.05, 0) is 12.3 Å². The minimum absolute atomic E-state index is 0.0468. The normalized spacial score (nSPS) is 19.6. The molecule has 1 rings (SSSR count). The maximum atomic E-state index is 12.0. The van der Waals surface area contributed by atoms with E-state index in [-0.39, 0.29) is 24.7 Å². The summed E-state index contributed by atoms with van der Waals surface area (Å²) in [6.07, 6.45) is 0.281. The van der Waals surface area contributed by atoms with Crippen LogP contribution in [0.5, 0.6) is 0 Å². The van der Waals surface area contributed by atoms with Crippen LogP contribution in [0.2, 0.25) is 0 Å². The van der Waals surface area contributed by atoms with Crippen LogP contribution in [0.15, 0.2) is 0 Å². The number of aliphatic carboxylic acids is 1. The molecule has 21 heavy (non-hydrogen) atoms. The predicted molar refractivity (Wildman–Crippen MR) is 73.4 cm³/mol. The highest BCUT2D eigenvalue weighted by molar-refractivity contribution is 5.97. The monoisotopic (exact) mass is 299 g/mol. The standard InChI is InChI=1S/C13H21N3O5/c1-3-9-12(20)14-4-5-16(9)13(21)15-10(17)6-8(2)7-11(18)19/h8-9H,3-7H2,1-2H3,(H,14,20)(H,18,19)(H,15,17,21). The molecule has 118 valence electrons. The fraction of sp³-hybridized carbons (Fsp3) is 0.692. The molecule has 2 unspecified atom stereocenters. The summed E-state index contributed by atoms with van der Waals surface area (Å²) in [7, 11) is 0. The van der Waals surface area contributed by atoms with Gasteiger partial charge in [0.25, 0.3) is 0 Å². The van der Waals surface area contributed by atoms with Crippen molar-refractivity contribution in [1.29, 1.82) is 0 Å². The zero-order valence-corrected chi connectivity index (χ0v) is 12.2. The van der Waals surface area contributed by atoms with Crippen molar-refractivity contribution in [3.05, 3.63) is 0 Å². The van der Waals surface area contributed by atoms with Crippen LogP contribution in [-0.4, -0.2) is 53.0 Å². The minimum atomic E-state index is -0.986. The Hall–Kier alpha value is -2.12. The Morgan fingerprint density at radius 1 is 1.43 bits per heavy atom. The highest BCUT2D eigenvalue weighted by Gasteiger charge is 2.32. The number of imide groups is 1. The molecule has 0 bridgehead atoms. The molecule has 1 heterocycles. The second-order valence-corrected chi connectivity index (χ2v) is 5.17. The average Bonchev–Trinajstić information content (AvgIpc) is 2.36. The molecule has 1 aliphatic rings. The van der Waals surface area contributed by atoms with Gasteiger partial charge in [0.15, 0.2) is 0 Å². The van der Waals surface area contributed by atoms with Gasteiger partial charge in [-0.25, -0.2) is 4.79 Å². The van der Waals surface area contributed by atoms with Gasteiger partial charge in [0.05, 0.1) is 0 Å². The topological polar surface area (TPSA) is 116 Å². The zero-order chi connectivity index (χ0) is 16.0. The first-order valence-electron chi connectivity index (χ1n) is 6.95. The lowest BCUT2D eigenvalue weighted by Crippen LogP contribution is -2.59. The summed E-state index contributed by atoms with van der Waals surface area (Å²) < 4.78 is 0. The summed E-state index contributed by atoms with van der Waals surface area (Å²) in [5.74, 6) is -2.11. The molecule has 1 aliphatic heterocycles. The summed E-state index contributed by atoms with van der Waals surface area (Å²) in [4.78, 5) is 47.2. The molecule has 0 spiro atoms. The van der Waals surface area contributed by atoms with Gasteiger partial charge in [0.1, 0.15) is 6.04 Å². The van der Waals surface area contributed by atoms with E-state index in [0.29, 0.717) is 19.5 Å². The second-order valence-electron chi connectivity index (χ2n) is 5.17. The number of carbonyl (C=O) groups is 4. The van der Waals surface area contributed by atoms with E-state index >= 15 is 0 Å². The largest absolute Gasteiger partial charge is 0.481 e. The van der Waals surface area contributed by atoms with Crippen molar-refractivity contribution < 1.29 is 24.3 Å². The maximum Gasteiger partial charge on any atom is 0.324 e. The molecule has 0 radical (unpaired) electrons. The van der Waals surface area contributed by atoms with E-state index in [0.717, 1.165) is 0 Å². The van der Waals surface area contributed by atoms with E-state index in [1.54, 1.807) is 13.8 Å². The Balaban J connectivity index is 2.53. The van der Waals surface area contributed by atoms with E-state index in [1.165, 1.54) is 4.90 Å². The van der Waals surface area contributed by atoms with E-state index in [9.17, 15) is 19.2 Å². The minimum Gasteiger partial charge on any atom is -0.481 e. The number of carbonyl (C=O) groups excluding carboxylic acids is 3. The van der Waals surface area contributed by atoms with E-state index < -0.39 is 23.9 Å². The predicted octanol–water partition coefficient (Wildman–Crippen LogP) is -0.0661. The lowest BCUT2D eigenvalue weighted by molar-refractivity contribution is -0.138. The maximum absolute atomic E-state index is 12.0. The van der Waals surface area contributed by atoms with Gasteiger partial charge in [-0.1, -0.05) is 13.8 Å². The third-order valence-electron chi connectivity index (χ3n) is 3.28. The molecule has 4 amide bonds. The first-order chi connectivity index (χ1) is 9.85. The van der Waals surface area contributed by atoms with Gasteiger partial charge in [0, 0.05) is 25.9 Å². The van der Waals surface area contributed by atoms with Crippen LogP contribution >= 0.6 is 0 Å². The summed E-state index contributed by atoms with van der Waals surface area (Å²) in [6.45, 7) is 4.11. The molecular formula is C13H21N3O5.